The van der Waals surface area contributed by atoms with Crippen molar-refractivity contribution in [3.8, 4) is 0 Å². The summed E-state index contributed by atoms with van der Waals surface area (Å²) in [7, 11) is -1.82. The zero-order chi connectivity index (χ0) is 13.2. The van der Waals surface area contributed by atoms with E-state index in [1.165, 1.54) is 12.5 Å². The van der Waals surface area contributed by atoms with Crippen molar-refractivity contribution >= 4 is 26.0 Å². The maximum Gasteiger partial charge on any atom is 0.259 e. The van der Waals surface area contributed by atoms with Gasteiger partial charge < -0.3 is 4.57 Å². The van der Waals surface area contributed by atoms with E-state index in [-0.39, 0.29) is 11.6 Å². The van der Waals surface area contributed by atoms with E-state index in [0.717, 1.165) is 10.0 Å². The monoisotopic (exact) mass is 329 g/mol. The smallest absolute Gasteiger partial charge is 0.259 e. The van der Waals surface area contributed by atoms with E-state index >= 15 is 0 Å². The third kappa shape index (κ3) is 3.18. The predicted molar refractivity (Wildman–Crippen MR) is 71.4 cm³/mol. The summed E-state index contributed by atoms with van der Waals surface area (Å²) in [6, 6.07) is 7.44. The van der Waals surface area contributed by atoms with Gasteiger partial charge in [-0.25, -0.2) is 18.1 Å². The van der Waals surface area contributed by atoms with Gasteiger partial charge in [-0.05, 0) is 17.7 Å². The molecule has 0 unspecified atom stereocenters. The van der Waals surface area contributed by atoms with Gasteiger partial charge >= 0.3 is 0 Å². The first-order valence-electron chi connectivity index (χ1n) is 5.19. The molecular weight excluding hydrogens is 318 g/mol. The summed E-state index contributed by atoms with van der Waals surface area (Å²) in [6.45, 7) is 0.242. The topological polar surface area (TPSA) is 64.0 Å². The zero-order valence-electron chi connectivity index (χ0n) is 9.67. The summed E-state index contributed by atoms with van der Waals surface area (Å²) < 4.78 is 28.8. The fraction of sp³-hybridized carbons (Fsp3) is 0.182. The number of aromatic nitrogens is 2. The molecule has 0 atom stereocenters. The molecule has 0 saturated heterocycles. The van der Waals surface area contributed by atoms with Gasteiger partial charge in [0.05, 0.1) is 6.33 Å². The number of hydrogen-bond donors (Lipinski definition) is 1. The van der Waals surface area contributed by atoms with Crippen molar-refractivity contribution in [1.82, 2.24) is 14.3 Å². The van der Waals surface area contributed by atoms with Crippen LogP contribution in [0.1, 0.15) is 5.56 Å². The van der Waals surface area contributed by atoms with E-state index in [0.29, 0.717) is 0 Å². The number of aryl methyl sites for hydroxylation is 1. The van der Waals surface area contributed by atoms with Crippen LogP contribution in [0.3, 0.4) is 0 Å². The molecule has 0 aliphatic rings. The quantitative estimate of drug-likeness (QED) is 0.927. The maximum atomic E-state index is 11.9. The summed E-state index contributed by atoms with van der Waals surface area (Å²) in [4.78, 5) is 3.82. The molecule has 1 aromatic heterocycles. The third-order valence-corrected chi connectivity index (χ3v) is 4.15. The molecular formula is C11H12BrN3O2S. The fourth-order valence-corrected chi connectivity index (χ4v) is 2.64. The SMILES string of the molecule is Cn1cnc(S(=O)(=O)NCc2ccc(Br)cc2)c1. The van der Waals surface area contributed by atoms with Crippen molar-refractivity contribution in [2.75, 3.05) is 0 Å². The van der Waals surface area contributed by atoms with E-state index in [4.69, 9.17) is 0 Å². The zero-order valence-corrected chi connectivity index (χ0v) is 12.1. The summed E-state index contributed by atoms with van der Waals surface area (Å²) in [5, 5.41) is 0.0297. The average molecular weight is 330 g/mol. The highest BCUT2D eigenvalue weighted by Gasteiger charge is 2.16. The normalized spacial score (nSPS) is 11.7. The van der Waals surface area contributed by atoms with Crippen LogP contribution in [0.2, 0.25) is 0 Å². The Morgan fingerprint density at radius 3 is 2.56 bits per heavy atom. The van der Waals surface area contributed by atoms with Crippen molar-refractivity contribution in [2.45, 2.75) is 11.6 Å². The van der Waals surface area contributed by atoms with Crippen molar-refractivity contribution in [3.05, 3.63) is 46.8 Å². The van der Waals surface area contributed by atoms with Crippen LogP contribution in [0, 0.1) is 0 Å². The largest absolute Gasteiger partial charge is 0.339 e. The molecule has 1 aromatic carbocycles. The van der Waals surface area contributed by atoms with Gasteiger partial charge in [0.25, 0.3) is 10.0 Å². The Bertz CT molecular complexity index is 635. The van der Waals surface area contributed by atoms with Gasteiger partial charge in [-0.3, -0.25) is 0 Å². The van der Waals surface area contributed by atoms with Gasteiger partial charge in [0.15, 0.2) is 5.03 Å². The van der Waals surface area contributed by atoms with Crippen LogP contribution in [0.25, 0.3) is 0 Å². The van der Waals surface area contributed by atoms with Crippen LogP contribution in [0.4, 0.5) is 0 Å². The summed E-state index contributed by atoms with van der Waals surface area (Å²) >= 11 is 3.32. The van der Waals surface area contributed by atoms with E-state index in [1.807, 2.05) is 24.3 Å². The first-order valence-corrected chi connectivity index (χ1v) is 7.47. The van der Waals surface area contributed by atoms with Gasteiger partial charge in [0.2, 0.25) is 0 Å². The van der Waals surface area contributed by atoms with Gasteiger partial charge in [-0.15, -0.1) is 0 Å². The molecule has 0 aliphatic carbocycles. The molecule has 1 heterocycles. The highest BCUT2D eigenvalue weighted by atomic mass is 79.9. The average Bonchev–Trinajstić information content (AvgIpc) is 2.76. The standard InChI is InChI=1S/C11H12BrN3O2S/c1-15-7-11(13-8-15)18(16,17)14-6-9-2-4-10(12)5-3-9/h2-5,7-8,14H,6H2,1H3. The summed E-state index contributed by atoms with van der Waals surface area (Å²) in [5.41, 5.74) is 0.887. The second-order valence-corrected chi connectivity index (χ2v) is 6.46. The van der Waals surface area contributed by atoms with Crippen molar-refractivity contribution in [1.29, 1.82) is 0 Å². The Morgan fingerprint density at radius 2 is 2.00 bits per heavy atom. The van der Waals surface area contributed by atoms with Gasteiger partial charge in [0, 0.05) is 24.3 Å². The molecule has 0 spiro atoms. The highest BCUT2D eigenvalue weighted by Crippen LogP contribution is 2.11. The van der Waals surface area contributed by atoms with Crippen LogP contribution in [-0.4, -0.2) is 18.0 Å². The molecule has 96 valence electrons. The van der Waals surface area contributed by atoms with Gasteiger partial charge in [-0.2, -0.15) is 0 Å². The lowest BCUT2D eigenvalue weighted by Crippen LogP contribution is -2.23. The van der Waals surface area contributed by atoms with Crippen LogP contribution >= 0.6 is 15.9 Å². The number of rotatable bonds is 4. The summed E-state index contributed by atoms with van der Waals surface area (Å²) in [5.74, 6) is 0. The molecule has 0 amide bonds. The van der Waals surface area contributed by atoms with E-state index in [1.54, 1.807) is 11.6 Å². The van der Waals surface area contributed by atoms with E-state index in [2.05, 4.69) is 25.6 Å². The Hall–Kier alpha value is -1.18. The number of nitrogens with one attached hydrogen (secondary N) is 1. The van der Waals surface area contributed by atoms with Crippen LogP contribution in [0.15, 0.2) is 46.3 Å². The molecule has 0 fully saturated rings. The molecule has 7 heteroatoms. The minimum absolute atomic E-state index is 0.0297. The molecule has 2 aromatic rings. The van der Waals surface area contributed by atoms with Gasteiger partial charge in [0.1, 0.15) is 0 Å². The Morgan fingerprint density at radius 1 is 1.33 bits per heavy atom. The van der Waals surface area contributed by atoms with Crippen LogP contribution in [-0.2, 0) is 23.6 Å². The molecule has 0 radical (unpaired) electrons. The molecule has 2 rings (SSSR count). The second kappa shape index (κ2) is 5.21. The minimum atomic E-state index is -3.54. The lowest BCUT2D eigenvalue weighted by atomic mass is 10.2. The Kier molecular flexibility index (Phi) is 3.84. The van der Waals surface area contributed by atoms with Gasteiger partial charge in [-0.1, -0.05) is 28.1 Å². The number of benzene rings is 1. The van der Waals surface area contributed by atoms with E-state index in [9.17, 15) is 8.42 Å². The fourth-order valence-electron chi connectivity index (χ4n) is 1.38. The minimum Gasteiger partial charge on any atom is -0.339 e. The Labute approximate surface area is 114 Å². The van der Waals surface area contributed by atoms with E-state index < -0.39 is 10.0 Å². The number of imidazole rings is 1. The van der Waals surface area contributed by atoms with Crippen molar-refractivity contribution in [3.63, 3.8) is 0 Å². The number of sulfonamides is 1. The maximum absolute atomic E-state index is 11.9. The third-order valence-electron chi connectivity index (χ3n) is 2.34. The lowest BCUT2D eigenvalue weighted by Gasteiger charge is -2.04. The van der Waals surface area contributed by atoms with Crippen LogP contribution in [0.5, 0.6) is 0 Å². The second-order valence-electron chi connectivity index (χ2n) is 3.83. The lowest BCUT2D eigenvalue weighted by molar-refractivity contribution is 0.578. The molecule has 1 N–H and O–H groups in total. The first-order chi connectivity index (χ1) is 8.47. The number of halogens is 1. The van der Waals surface area contributed by atoms with Crippen molar-refractivity contribution < 1.29 is 8.42 Å². The summed E-state index contributed by atoms with van der Waals surface area (Å²) in [6.07, 6.45) is 2.91. The number of nitrogens with zero attached hydrogens (tertiary/aromatic N) is 2. The molecule has 5 nitrogen and oxygen atoms in total. The number of hydrogen-bond acceptors (Lipinski definition) is 3. The molecule has 0 bridgehead atoms. The van der Waals surface area contributed by atoms with Crippen LogP contribution < -0.4 is 4.72 Å². The Balaban J connectivity index is 2.08. The predicted octanol–water partition coefficient (Wildman–Crippen LogP) is 1.66. The highest BCUT2D eigenvalue weighted by molar-refractivity contribution is 9.10. The molecule has 0 aliphatic heterocycles. The van der Waals surface area contributed by atoms with Crippen molar-refractivity contribution in [2.24, 2.45) is 7.05 Å². The molecule has 18 heavy (non-hydrogen) atoms. The first kappa shape index (κ1) is 13.3. The molecule has 0 saturated carbocycles.